The van der Waals surface area contributed by atoms with Crippen LogP contribution in [0.15, 0.2) is 24.3 Å². The molecule has 0 unspecified atom stereocenters. The Balaban J connectivity index is 1.61. The number of piperazine rings is 2. The van der Waals surface area contributed by atoms with Gasteiger partial charge in [0.1, 0.15) is 6.04 Å². The minimum Gasteiger partial charge on any atom is -0.353 e. The van der Waals surface area contributed by atoms with Gasteiger partial charge in [-0.05, 0) is 18.1 Å². The monoisotopic (exact) mass is 415 g/mol. The van der Waals surface area contributed by atoms with Gasteiger partial charge in [-0.3, -0.25) is 24.1 Å². The molecular formula is C21H29N5O4. The van der Waals surface area contributed by atoms with E-state index in [1.165, 1.54) is 4.90 Å². The summed E-state index contributed by atoms with van der Waals surface area (Å²) in [5, 5.41) is 5.63. The van der Waals surface area contributed by atoms with Gasteiger partial charge in [-0.1, -0.05) is 25.1 Å². The largest absolute Gasteiger partial charge is 0.353 e. The molecule has 1 aromatic carbocycles. The van der Waals surface area contributed by atoms with E-state index in [1.54, 1.807) is 4.90 Å². The third-order valence-corrected chi connectivity index (χ3v) is 5.62. The van der Waals surface area contributed by atoms with E-state index in [9.17, 15) is 19.2 Å². The van der Waals surface area contributed by atoms with Gasteiger partial charge in [-0.2, -0.15) is 0 Å². The molecule has 0 aliphatic carbocycles. The minimum absolute atomic E-state index is 0.0887. The summed E-state index contributed by atoms with van der Waals surface area (Å²) < 4.78 is 0. The van der Waals surface area contributed by atoms with Gasteiger partial charge in [0.15, 0.2) is 0 Å². The maximum atomic E-state index is 12.9. The maximum Gasteiger partial charge on any atom is 0.243 e. The van der Waals surface area contributed by atoms with Crippen molar-refractivity contribution in [2.45, 2.75) is 25.8 Å². The van der Waals surface area contributed by atoms with Crippen molar-refractivity contribution in [3.8, 4) is 0 Å². The smallest absolute Gasteiger partial charge is 0.243 e. The van der Waals surface area contributed by atoms with Crippen molar-refractivity contribution in [2.24, 2.45) is 0 Å². The zero-order valence-electron chi connectivity index (χ0n) is 17.3. The van der Waals surface area contributed by atoms with Gasteiger partial charge in [0.2, 0.25) is 24.1 Å². The van der Waals surface area contributed by atoms with Crippen molar-refractivity contribution in [3.05, 3.63) is 29.8 Å². The summed E-state index contributed by atoms with van der Waals surface area (Å²) in [4.78, 5) is 54.0. The van der Waals surface area contributed by atoms with Crippen molar-refractivity contribution in [2.75, 3.05) is 51.1 Å². The van der Waals surface area contributed by atoms with Crippen LogP contribution in [0.4, 0.5) is 5.69 Å². The Morgan fingerprint density at radius 1 is 1.17 bits per heavy atom. The molecule has 162 valence electrons. The fourth-order valence-electron chi connectivity index (χ4n) is 3.85. The predicted octanol–water partition coefficient (Wildman–Crippen LogP) is -0.321. The van der Waals surface area contributed by atoms with Crippen LogP contribution >= 0.6 is 0 Å². The Hall–Kier alpha value is -2.94. The van der Waals surface area contributed by atoms with Crippen LogP contribution in [0.3, 0.4) is 0 Å². The van der Waals surface area contributed by atoms with E-state index in [-0.39, 0.29) is 30.7 Å². The lowest BCUT2D eigenvalue weighted by Gasteiger charge is -2.37. The molecule has 2 N–H and O–H groups in total. The topological polar surface area (TPSA) is 102 Å². The molecule has 0 radical (unpaired) electrons. The number of carbonyl (C=O) groups is 4. The van der Waals surface area contributed by atoms with Crippen LogP contribution in [0.1, 0.15) is 18.9 Å². The summed E-state index contributed by atoms with van der Waals surface area (Å²) in [7, 11) is 0. The molecule has 1 atom stereocenters. The molecule has 1 aromatic rings. The Labute approximate surface area is 176 Å². The molecule has 30 heavy (non-hydrogen) atoms. The molecule has 0 bridgehead atoms. The number of aryl methyl sites for hydroxylation is 1. The number of anilines is 1. The van der Waals surface area contributed by atoms with Crippen LogP contribution in [-0.2, 0) is 25.6 Å². The number of para-hydroxylation sites is 1. The number of hydrogen-bond acceptors (Lipinski definition) is 5. The van der Waals surface area contributed by atoms with E-state index in [0.29, 0.717) is 39.3 Å². The van der Waals surface area contributed by atoms with E-state index in [0.717, 1.165) is 24.1 Å². The average molecular weight is 415 g/mol. The minimum atomic E-state index is -0.823. The first-order valence-electron chi connectivity index (χ1n) is 10.4. The van der Waals surface area contributed by atoms with Crippen LogP contribution in [0.2, 0.25) is 0 Å². The van der Waals surface area contributed by atoms with Crippen molar-refractivity contribution < 1.29 is 19.2 Å². The lowest BCUT2D eigenvalue weighted by Crippen LogP contribution is -2.60. The average Bonchev–Trinajstić information content (AvgIpc) is 2.76. The molecule has 9 nitrogen and oxygen atoms in total. The Kier molecular flexibility index (Phi) is 7.40. The van der Waals surface area contributed by atoms with Crippen LogP contribution in [0.5, 0.6) is 0 Å². The number of benzene rings is 1. The summed E-state index contributed by atoms with van der Waals surface area (Å²) >= 11 is 0. The standard InChI is InChI=1S/C21H29N5O4/c1-2-16-5-3-4-6-17(16)23-19(28)13-18-21(30)22-7-8-26(18)20(29)14-24-9-11-25(15-27)12-10-24/h3-6,15,18H,2,7-14H2,1H3,(H,22,30)(H,23,28)/t18-/m1/s1. The van der Waals surface area contributed by atoms with Crippen molar-refractivity contribution in [1.29, 1.82) is 0 Å². The van der Waals surface area contributed by atoms with Gasteiger partial charge in [-0.15, -0.1) is 0 Å². The van der Waals surface area contributed by atoms with Gasteiger partial charge in [-0.25, -0.2) is 0 Å². The van der Waals surface area contributed by atoms with Crippen LogP contribution in [-0.4, -0.2) is 90.7 Å². The normalized spacial score (nSPS) is 19.9. The molecule has 2 aliphatic heterocycles. The Morgan fingerprint density at radius 2 is 1.90 bits per heavy atom. The third-order valence-electron chi connectivity index (χ3n) is 5.62. The first kappa shape index (κ1) is 21.8. The lowest BCUT2D eigenvalue weighted by molar-refractivity contribution is -0.145. The molecule has 2 saturated heterocycles. The van der Waals surface area contributed by atoms with E-state index >= 15 is 0 Å². The number of rotatable bonds is 7. The zero-order chi connectivity index (χ0) is 21.5. The van der Waals surface area contributed by atoms with Gasteiger partial charge < -0.3 is 20.4 Å². The van der Waals surface area contributed by atoms with Crippen LogP contribution in [0, 0.1) is 0 Å². The number of carbonyl (C=O) groups excluding carboxylic acids is 4. The highest BCUT2D eigenvalue weighted by atomic mass is 16.2. The van der Waals surface area contributed by atoms with Gasteiger partial charge in [0, 0.05) is 45.0 Å². The maximum absolute atomic E-state index is 12.9. The molecule has 0 aromatic heterocycles. The van der Waals surface area contributed by atoms with Crippen LogP contribution in [0.25, 0.3) is 0 Å². The van der Waals surface area contributed by atoms with Crippen molar-refractivity contribution >= 4 is 29.8 Å². The second-order valence-corrected chi connectivity index (χ2v) is 7.57. The van der Waals surface area contributed by atoms with Gasteiger partial charge in [0.05, 0.1) is 13.0 Å². The molecular weight excluding hydrogens is 386 g/mol. The summed E-state index contributed by atoms with van der Waals surface area (Å²) in [6, 6.07) is 6.72. The third kappa shape index (κ3) is 5.35. The Morgan fingerprint density at radius 3 is 2.60 bits per heavy atom. The fourth-order valence-corrected chi connectivity index (χ4v) is 3.85. The van der Waals surface area contributed by atoms with E-state index in [2.05, 4.69) is 10.6 Å². The number of amides is 4. The summed E-state index contributed by atoms with van der Waals surface area (Å²) in [6.07, 6.45) is 1.51. The first-order valence-corrected chi connectivity index (χ1v) is 10.4. The highest BCUT2D eigenvalue weighted by Crippen LogP contribution is 2.17. The quantitative estimate of drug-likeness (QED) is 0.595. The summed E-state index contributed by atoms with van der Waals surface area (Å²) in [5.41, 5.74) is 1.74. The number of nitrogens with zero attached hydrogens (tertiary/aromatic N) is 3. The summed E-state index contributed by atoms with van der Waals surface area (Å²) in [5.74, 6) is -0.772. The Bertz CT molecular complexity index is 791. The first-order chi connectivity index (χ1) is 14.5. The van der Waals surface area contributed by atoms with Crippen LogP contribution < -0.4 is 10.6 Å². The lowest BCUT2D eigenvalue weighted by atomic mass is 10.1. The molecule has 3 rings (SSSR count). The van der Waals surface area contributed by atoms with Gasteiger partial charge in [0.25, 0.3) is 0 Å². The zero-order valence-corrected chi connectivity index (χ0v) is 17.3. The van der Waals surface area contributed by atoms with Crippen molar-refractivity contribution in [3.63, 3.8) is 0 Å². The molecule has 4 amide bonds. The molecule has 0 saturated carbocycles. The van der Waals surface area contributed by atoms with E-state index in [4.69, 9.17) is 0 Å². The van der Waals surface area contributed by atoms with E-state index in [1.807, 2.05) is 36.1 Å². The number of nitrogens with one attached hydrogen (secondary N) is 2. The SMILES string of the molecule is CCc1ccccc1NC(=O)C[C@@H]1C(=O)NCCN1C(=O)CN1CCN(C=O)CC1. The molecule has 0 spiro atoms. The second-order valence-electron chi connectivity index (χ2n) is 7.57. The summed E-state index contributed by atoms with van der Waals surface area (Å²) in [6.45, 7) is 5.33. The molecule has 2 fully saturated rings. The highest BCUT2D eigenvalue weighted by Gasteiger charge is 2.35. The molecule has 9 heteroatoms. The molecule has 2 heterocycles. The highest BCUT2D eigenvalue weighted by molar-refractivity contribution is 5.98. The van der Waals surface area contributed by atoms with Gasteiger partial charge >= 0.3 is 0 Å². The van der Waals surface area contributed by atoms with Crippen molar-refractivity contribution in [1.82, 2.24) is 20.0 Å². The predicted molar refractivity (Wildman–Crippen MR) is 112 cm³/mol. The fraction of sp³-hybridized carbons (Fsp3) is 0.524. The number of hydrogen-bond donors (Lipinski definition) is 2. The van der Waals surface area contributed by atoms with E-state index < -0.39 is 6.04 Å². The second kappa shape index (κ2) is 10.2. The molecule has 2 aliphatic rings.